The van der Waals surface area contributed by atoms with Crippen molar-refractivity contribution in [1.29, 1.82) is 0 Å². The van der Waals surface area contributed by atoms with E-state index in [2.05, 4.69) is 46.8 Å². The molecule has 2 aliphatic rings. The summed E-state index contributed by atoms with van der Waals surface area (Å²) in [6.07, 6.45) is 1.10. The van der Waals surface area contributed by atoms with E-state index in [0.717, 1.165) is 9.37 Å². The van der Waals surface area contributed by atoms with Gasteiger partial charge in [-0.1, -0.05) is 30.0 Å². The zero-order chi connectivity index (χ0) is 18.3. The van der Waals surface area contributed by atoms with Crippen molar-refractivity contribution in [2.75, 3.05) is 6.54 Å². The van der Waals surface area contributed by atoms with Crippen LogP contribution >= 0.6 is 43.6 Å². The molecule has 1 fully saturated rings. The number of piperidine rings is 1. The molecule has 2 N–H and O–H groups in total. The molecule has 0 bridgehead atoms. The van der Waals surface area contributed by atoms with Crippen LogP contribution in [0.4, 0.5) is 0 Å². The van der Waals surface area contributed by atoms with Gasteiger partial charge in [0.15, 0.2) is 11.0 Å². The van der Waals surface area contributed by atoms with Gasteiger partial charge in [-0.15, -0.1) is 0 Å². The van der Waals surface area contributed by atoms with Crippen LogP contribution in [0.5, 0.6) is 0 Å². The Morgan fingerprint density at radius 1 is 1.31 bits per heavy atom. The second-order valence-corrected chi connectivity index (χ2v) is 8.65. The maximum Gasteiger partial charge on any atom is 0.275 e. The van der Waals surface area contributed by atoms with E-state index in [9.17, 15) is 9.90 Å². The lowest BCUT2D eigenvalue weighted by Crippen LogP contribution is -2.53. The van der Waals surface area contributed by atoms with E-state index >= 15 is 0 Å². The van der Waals surface area contributed by atoms with Gasteiger partial charge in [-0.3, -0.25) is 9.69 Å². The highest BCUT2D eigenvalue weighted by molar-refractivity contribution is 9.13. The summed E-state index contributed by atoms with van der Waals surface area (Å²) in [4.78, 5) is 27.3. The number of hydrogen-bond acceptors (Lipinski definition) is 5. The number of thioether (sulfide) groups is 1. The third-order valence-electron chi connectivity index (χ3n) is 4.16. The van der Waals surface area contributed by atoms with E-state index in [-0.39, 0.29) is 5.91 Å². The molecule has 1 saturated heterocycles. The minimum atomic E-state index is -1.44. The normalized spacial score (nSPS) is 22.0. The first-order valence-electron chi connectivity index (χ1n) is 7.96. The topological polar surface area (TPSA) is 81.0 Å². The van der Waals surface area contributed by atoms with Gasteiger partial charge in [-0.25, -0.2) is 9.98 Å². The molecule has 3 heterocycles. The van der Waals surface area contributed by atoms with Crippen molar-refractivity contribution >= 4 is 60.5 Å². The number of nitrogens with one attached hydrogen (secondary N) is 1. The third-order valence-corrected chi connectivity index (χ3v) is 6.81. The van der Waals surface area contributed by atoms with Gasteiger partial charge in [-0.05, 0) is 56.5 Å². The number of halogens is 2. The first-order chi connectivity index (χ1) is 12.5. The number of H-pyrrole nitrogens is 1. The number of carbonyl (C=O) groups excluding carboxylic acids is 1. The van der Waals surface area contributed by atoms with Crippen LogP contribution in [-0.2, 0) is 0 Å². The molecule has 1 unspecified atom stereocenters. The summed E-state index contributed by atoms with van der Waals surface area (Å²) in [6, 6.07) is 11.4. The van der Waals surface area contributed by atoms with Gasteiger partial charge in [0.25, 0.3) is 5.91 Å². The number of fused-ring (bicyclic) bond motifs is 1. The van der Waals surface area contributed by atoms with Gasteiger partial charge >= 0.3 is 0 Å². The number of carbonyl (C=O) groups is 1. The molecule has 9 heteroatoms. The number of benzene rings is 1. The van der Waals surface area contributed by atoms with E-state index in [1.54, 1.807) is 6.07 Å². The molecule has 0 radical (unpaired) electrons. The highest BCUT2D eigenvalue weighted by Crippen LogP contribution is 2.35. The summed E-state index contributed by atoms with van der Waals surface area (Å²) in [5.41, 5.74) is -1.02. The highest BCUT2D eigenvalue weighted by atomic mass is 79.9. The summed E-state index contributed by atoms with van der Waals surface area (Å²) in [7, 11) is 0. The van der Waals surface area contributed by atoms with Crippen molar-refractivity contribution in [3.8, 4) is 0 Å². The van der Waals surface area contributed by atoms with E-state index in [1.807, 2.05) is 30.3 Å². The van der Waals surface area contributed by atoms with Crippen LogP contribution in [0, 0.1) is 0 Å². The number of amides is 1. The molecule has 0 spiro atoms. The predicted molar refractivity (Wildman–Crippen MR) is 109 cm³/mol. The van der Waals surface area contributed by atoms with Crippen molar-refractivity contribution in [2.24, 2.45) is 9.98 Å². The fraction of sp³-hybridized carbons (Fsp3) is 0.235. The Hall–Kier alpha value is -1.42. The summed E-state index contributed by atoms with van der Waals surface area (Å²) in [5, 5.41) is 11.4. The Kier molecular flexibility index (Phi) is 4.81. The molecule has 26 heavy (non-hydrogen) atoms. The molecule has 4 rings (SSSR count). The fourth-order valence-electron chi connectivity index (χ4n) is 2.95. The Bertz CT molecular complexity index is 909. The number of likely N-dealkylation sites (tertiary alicyclic amines) is 1. The van der Waals surface area contributed by atoms with E-state index < -0.39 is 5.72 Å². The van der Waals surface area contributed by atoms with Gasteiger partial charge in [0.05, 0.1) is 9.08 Å². The highest BCUT2D eigenvalue weighted by Gasteiger charge is 2.46. The lowest BCUT2D eigenvalue weighted by Gasteiger charge is -2.34. The number of aliphatic hydroxyl groups is 1. The predicted octanol–water partition coefficient (Wildman–Crippen LogP) is 4.02. The van der Waals surface area contributed by atoms with Crippen LogP contribution in [0.25, 0.3) is 0 Å². The molecular formula is C17H14Br2N4O2S. The molecule has 0 saturated carbocycles. The molecule has 1 aromatic heterocycles. The van der Waals surface area contributed by atoms with Gasteiger partial charge in [-0.2, -0.15) is 0 Å². The van der Waals surface area contributed by atoms with Crippen LogP contribution in [0.1, 0.15) is 23.3 Å². The van der Waals surface area contributed by atoms with Crippen molar-refractivity contribution < 1.29 is 9.90 Å². The molecule has 1 aromatic carbocycles. The van der Waals surface area contributed by atoms with Crippen molar-refractivity contribution in [3.63, 3.8) is 0 Å². The summed E-state index contributed by atoms with van der Waals surface area (Å²) >= 11 is 8.08. The van der Waals surface area contributed by atoms with Gasteiger partial charge in [0.1, 0.15) is 5.69 Å². The number of aromatic amines is 1. The van der Waals surface area contributed by atoms with Crippen LogP contribution in [0.3, 0.4) is 0 Å². The fourth-order valence-corrected chi connectivity index (χ4v) is 4.44. The number of aromatic nitrogens is 1. The zero-order valence-corrected chi connectivity index (χ0v) is 17.4. The lowest BCUT2D eigenvalue weighted by atomic mass is 10.0. The molecule has 1 amide bonds. The van der Waals surface area contributed by atoms with Crippen molar-refractivity contribution in [2.45, 2.75) is 23.5 Å². The largest absolute Gasteiger partial charge is 0.363 e. The standard InChI is InChI=1S/C17H14Br2N4O2S/c18-11-9-12(20-13(11)19)14(24)23-8-4-7-17(25)15(23)21-16(22-17)26-10-5-2-1-3-6-10/h1-3,5-6,9,20,25H,4,7-8H2. The average Bonchev–Trinajstić information content (AvgIpc) is 3.13. The maximum absolute atomic E-state index is 12.9. The monoisotopic (exact) mass is 496 g/mol. The maximum atomic E-state index is 12.9. The van der Waals surface area contributed by atoms with E-state index in [0.29, 0.717) is 40.7 Å². The van der Waals surface area contributed by atoms with Gasteiger partial charge < -0.3 is 10.1 Å². The Labute approximate surface area is 171 Å². The number of nitrogens with zero attached hydrogens (tertiary/aromatic N) is 3. The SMILES string of the molecule is O=C(c1cc(Br)c(Br)[nH]1)N1CCCC2(O)N=C(Sc3ccccc3)N=C12. The first-order valence-corrected chi connectivity index (χ1v) is 10.4. The Morgan fingerprint density at radius 3 is 2.77 bits per heavy atom. The number of amidine groups is 2. The molecular weight excluding hydrogens is 484 g/mol. The smallest absolute Gasteiger partial charge is 0.275 e. The third kappa shape index (κ3) is 3.28. The quantitative estimate of drug-likeness (QED) is 0.657. The second kappa shape index (κ2) is 6.95. The summed E-state index contributed by atoms with van der Waals surface area (Å²) < 4.78 is 1.45. The molecule has 0 aliphatic carbocycles. The average molecular weight is 498 g/mol. The van der Waals surface area contributed by atoms with Crippen LogP contribution < -0.4 is 0 Å². The van der Waals surface area contributed by atoms with Crippen LogP contribution in [0.2, 0.25) is 0 Å². The van der Waals surface area contributed by atoms with Crippen LogP contribution in [-0.4, -0.2) is 44.2 Å². The molecule has 2 aliphatic heterocycles. The van der Waals surface area contributed by atoms with Crippen molar-refractivity contribution in [1.82, 2.24) is 9.88 Å². The number of hydrogen-bond donors (Lipinski definition) is 2. The first kappa shape index (κ1) is 18.0. The number of aliphatic imine (C=N–C) groups is 2. The number of rotatable bonds is 2. The zero-order valence-electron chi connectivity index (χ0n) is 13.4. The lowest BCUT2D eigenvalue weighted by molar-refractivity contribution is 0.0609. The summed E-state index contributed by atoms with van der Waals surface area (Å²) in [5.74, 6) is 0.0588. The molecule has 6 nitrogen and oxygen atoms in total. The van der Waals surface area contributed by atoms with Crippen molar-refractivity contribution in [3.05, 3.63) is 51.2 Å². The molecule has 1 atom stereocenters. The Morgan fingerprint density at radius 2 is 2.08 bits per heavy atom. The minimum absolute atomic E-state index is 0.241. The minimum Gasteiger partial charge on any atom is -0.363 e. The second-order valence-electron chi connectivity index (χ2n) is 5.97. The van der Waals surface area contributed by atoms with Gasteiger partial charge in [0, 0.05) is 17.9 Å². The molecule has 134 valence electrons. The summed E-state index contributed by atoms with van der Waals surface area (Å²) in [6.45, 7) is 0.493. The van der Waals surface area contributed by atoms with E-state index in [1.165, 1.54) is 16.7 Å². The van der Waals surface area contributed by atoms with Crippen LogP contribution in [0.15, 0.2) is 60.4 Å². The molecule has 2 aromatic rings. The Balaban J connectivity index is 1.62. The van der Waals surface area contributed by atoms with E-state index in [4.69, 9.17) is 0 Å². The van der Waals surface area contributed by atoms with Gasteiger partial charge in [0.2, 0.25) is 5.72 Å².